The van der Waals surface area contributed by atoms with Crippen LogP contribution >= 0.6 is 0 Å². The fraction of sp³-hybridized carbons (Fsp3) is 0.355. The van der Waals surface area contributed by atoms with Crippen molar-refractivity contribution in [3.05, 3.63) is 77.5 Å². The zero-order valence-corrected chi connectivity index (χ0v) is 25.0. The minimum absolute atomic E-state index is 0.136. The number of carbonyl (C=O) groups is 2. The van der Waals surface area contributed by atoms with Gasteiger partial charge in [-0.05, 0) is 31.2 Å². The number of morpholine rings is 1. The van der Waals surface area contributed by atoms with Crippen molar-refractivity contribution in [1.29, 1.82) is 0 Å². The van der Waals surface area contributed by atoms with Gasteiger partial charge in [0, 0.05) is 67.9 Å². The number of urea groups is 1. The number of nitrogens with zero attached hydrogens (tertiary/aromatic N) is 5. The van der Waals surface area contributed by atoms with Crippen molar-refractivity contribution < 1.29 is 32.2 Å². The van der Waals surface area contributed by atoms with E-state index in [9.17, 15) is 22.8 Å². The lowest BCUT2D eigenvalue weighted by molar-refractivity contribution is -0.137. The molecular formula is C31H34F3N7O4. The van der Waals surface area contributed by atoms with Gasteiger partial charge < -0.3 is 20.1 Å². The molecule has 0 spiro atoms. The molecule has 14 heteroatoms. The van der Waals surface area contributed by atoms with Gasteiger partial charge in [0.1, 0.15) is 11.6 Å². The summed E-state index contributed by atoms with van der Waals surface area (Å²) in [7, 11) is 1.44. The standard InChI is InChI=1S/C31H34F3N7O4/c1-20(2)17-35-29-36-18-22-19-41(30(43)40(27(22)38-29)8-7-39-9-11-45-12-10-39)25-14-24(15-26(16-25)44-3)37-28(42)21-5-4-6-23(13-21)31(32,33)34/h4-6,13-16,18H,1,7-12,17,19H2,2-3H3,(H,37,42)(H,35,36,38). The van der Waals surface area contributed by atoms with Gasteiger partial charge in [-0.1, -0.05) is 18.2 Å². The Kier molecular flexibility index (Phi) is 9.54. The molecule has 0 aliphatic carbocycles. The SMILES string of the molecule is C=C(C)CNc1ncc2c(n1)N(CCN1CCOCC1)C(=O)N(c1cc(NC(=O)c3cccc(C(F)(F)F)c3)cc(OC)c1)C2. The number of alkyl halides is 3. The van der Waals surface area contributed by atoms with E-state index in [2.05, 4.69) is 32.1 Å². The molecule has 2 aromatic carbocycles. The van der Waals surface area contributed by atoms with Crippen LogP contribution in [0.5, 0.6) is 5.75 Å². The molecule has 0 unspecified atom stereocenters. The van der Waals surface area contributed by atoms with Gasteiger partial charge in [0.05, 0.1) is 38.1 Å². The van der Waals surface area contributed by atoms with Crippen LogP contribution in [0.25, 0.3) is 0 Å². The molecule has 11 nitrogen and oxygen atoms in total. The topological polar surface area (TPSA) is 112 Å². The Morgan fingerprint density at radius 2 is 1.91 bits per heavy atom. The summed E-state index contributed by atoms with van der Waals surface area (Å²) in [5, 5.41) is 5.76. The Labute approximate surface area is 258 Å². The molecule has 0 saturated carbocycles. The van der Waals surface area contributed by atoms with Crippen molar-refractivity contribution >= 4 is 35.1 Å². The number of amides is 3. The zero-order valence-electron chi connectivity index (χ0n) is 25.0. The molecule has 0 radical (unpaired) electrons. The van der Waals surface area contributed by atoms with Crippen LogP contribution in [0.2, 0.25) is 0 Å². The van der Waals surface area contributed by atoms with E-state index in [1.807, 2.05) is 6.92 Å². The Hall–Kier alpha value is -4.69. The second-order valence-electron chi connectivity index (χ2n) is 10.8. The molecule has 0 atom stereocenters. The van der Waals surface area contributed by atoms with Crippen molar-refractivity contribution in [3.8, 4) is 5.75 Å². The molecule has 5 rings (SSSR count). The summed E-state index contributed by atoms with van der Waals surface area (Å²) in [5.74, 6) is 0.451. The van der Waals surface area contributed by atoms with Gasteiger partial charge in [-0.2, -0.15) is 18.2 Å². The Morgan fingerprint density at radius 1 is 1.13 bits per heavy atom. The number of ether oxygens (including phenoxy) is 2. The Balaban J connectivity index is 1.44. The van der Waals surface area contributed by atoms with E-state index in [1.54, 1.807) is 23.2 Å². The van der Waals surface area contributed by atoms with Crippen molar-refractivity contribution in [2.45, 2.75) is 19.6 Å². The second-order valence-corrected chi connectivity index (χ2v) is 10.8. The van der Waals surface area contributed by atoms with Gasteiger partial charge >= 0.3 is 12.2 Å². The maximum absolute atomic E-state index is 14.1. The van der Waals surface area contributed by atoms with E-state index in [1.165, 1.54) is 30.2 Å². The average Bonchev–Trinajstić information content (AvgIpc) is 3.03. The van der Waals surface area contributed by atoms with Crippen molar-refractivity contribution in [2.24, 2.45) is 0 Å². The van der Waals surface area contributed by atoms with Gasteiger partial charge in [-0.15, -0.1) is 0 Å². The first-order valence-electron chi connectivity index (χ1n) is 14.3. The molecule has 2 aliphatic heterocycles. The molecule has 3 heterocycles. The number of anilines is 4. The minimum Gasteiger partial charge on any atom is -0.497 e. The molecule has 3 aromatic rings. The predicted molar refractivity (Wildman–Crippen MR) is 164 cm³/mol. The average molecular weight is 626 g/mol. The fourth-order valence-electron chi connectivity index (χ4n) is 4.97. The number of methoxy groups -OCH3 is 1. The molecule has 3 amide bonds. The lowest BCUT2D eigenvalue weighted by Gasteiger charge is -2.37. The summed E-state index contributed by atoms with van der Waals surface area (Å²) in [6.45, 7) is 10.1. The van der Waals surface area contributed by atoms with Crippen LogP contribution in [0.3, 0.4) is 0 Å². The summed E-state index contributed by atoms with van der Waals surface area (Å²) in [6, 6.07) is 8.54. The van der Waals surface area contributed by atoms with Crippen LogP contribution in [-0.4, -0.2) is 79.9 Å². The maximum atomic E-state index is 14.1. The van der Waals surface area contributed by atoms with E-state index in [0.29, 0.717) is 61.6 Å². The van der Waals surface area contributed by atoms with Crippen LogP contribution in [0.15, 0.2) is 60.8 Å². The largest absolute Gasteiger partial charge is 0.497 e. The maximum Gasteiger partial charge on any atom is 0.416 e. The smallest absolute Gasteiger partial charge is 0.416 e. The quantitative estimate of drug-likeness (QED) is 0.302. The lowest BCUT2D eigenvalue weighted by atomic mass is 10.1. The number of nitrogens with one attached hydrogen (secondary N) is 2. The first kappa shape index (κ1) is 31.7. The van der Waals surface area contributed by atoms with E-state index >= 15 is 0 Å². The van der Waals surface area contributed by atoms with Crippen molar-refractivity contribution in [1.82, 2.24) is 14.9 Å². The van der Waals surface area contributed by atoms with E-state index in [0.717, 1.165) is 30.8 Å². The number of hydrogen-bond donors (Lipinski definition) is 2. The normalized spacial score (nSPS) is 15.4. The van der Waals surface area contributed by atoms with Gasteiger partial charge in [-0.3, -0.25) is 19.5 Å². The van der Waals surface area contributed by atoms with Crippen LogP contribution in [0.1, 0.15) is 28.4 Å². The van der Waals surface area contributed by atoms with Crippen molar-refractivity contribution in [3.63, 3.8) is 0 Å². The number of aromatic nitrogens is 2. The third kappa shape index (κ3) is 7.70. The Bertz CT molecular complexity index is 1580. The molecule has 2 aliphatic rings. The van der Waals surface area contributed by atoms with E-state index in [-0.39, 0.29) is 23.8 Å². The molecule has 1 saturated heterocycles. The van der Waals surface area contributed by atoms with Gasteiger partial charge in [0.25, 0.3) is 5.91 Å². The van der Waals surface area contributed by atoms with Gasteiger partial charge in [-0.25, -0.2) is 9.78 Å². The molecular weight excluding hydrogens is 591 g/mol. The highest BCUT2D eigenvalue weighted by molar-refractivity contribution is 6.07. The van der Waals surface area contributed by atoms with Crippen molar-refractivity contribution in [2.75, 3.05) is 73.5 Å². The minimum atomic E-state index is -4.59. The summed E-state index contributed by atoms with van der Waals surface area (Å²) in [5.41, 5.74) is 1.15. The predicted octanol–water partition coefficient (Wildman–Crippen LogP) is 5.02. The summed E-state index contributed by atoms with van der Waals surface area (Å²) >= 11 is 0. The number of benzene rings is 2. The molecule has 1 aromatic heterocycles. The van der Waals surface area contributed by atoms with E-state index in [4.69, 9.17) is 9.47 Å². The highest BCUT2D eigenvalue weighted by Gasteiger charge is 2.34. The molecule has 45 heavy (non-hydrogen) atoms. The highest BCUT2D eigenvalue weighted by atomic mass is 19.4. The van der Waals surface area contributed by atoms with Crippen LogP contribution < -0.4 is 25.2 Å². The first-order chi connectivity index (χ1) is 21.5. The number of halogens is 3. The third-order valence-corrected chi connectivity index (χ3v) is 7.33. The van der Waals surface area contributed by atoms with Gasteiger partial charge in [0.15, 0.2) is 0 Å². The summed E-state index contributed by atoms with van der Waals surface area (Å²) in [6.07, 6.45) is -2.93. The third-order valence-electron chi connectivity index (χ3n) is 7.33. The lowest BCUT2D eigenvalue weighted by Crippen LogP contribution is -2.51. The number of carbonyl (C=O) groups excluding carboxylic acids is 2. The van der Waals surface area contributed by atoms with Crippen LogP contribution in [-0.2, 0) is 17.5 Å². The number of rotatable bonds is 10. The van der Waals surface area contributed by atoms with E-state index < -0.39 is 17.6 Å². The molecule has 2 N–H and O–H groups in total. The van der Waals surface area contributed by atoms with Crippen LogP contribution in [0, 0.1) is 0 Å². The molecule has 238 valence electrons. The fourth-order valence-corrected chi connectivity index (χ4v) is 4.97. The number of hydrogen-bond acceptors (Lipinski definition) is 8. The zero-order chi connectivity index (χ0) is 32.1. The summed E-state index contributed by atoms with van der Waals surface area (Å²) < 4.78 is 50.6. The Morgan fingerprint density at radius 3 is 2.62 bits per heavy atom. The first-order valence-corrected chi connectivity index (χ1v) is 14.3. The number of fused-ring (bicyclic) bond motifs is 1. The van der Waals surface area contributed by atoms with Crippen LogP contribution in [0.4, 0.5) is 41.1 Å². The molecule has 0 bridgehead atoms. The monoisotopic (exact) mass is 625 g/mol. The summed E-state index contributed by atoms with van der Waals surface area (Å²) in [4.78, 5) is 41.5. The second kappa shape index (κ2) is 13.5. The van der Waals surface area contributed by atoms with Gasteiger partial charge in [0.2, 0.25) is 5.95 Å². The molecule has 1 fully saturated rings. The highest BCUT2D eigenvalue weighted by Crippen LogP contribution is 2.35.